The maximum absolute atomic E-state index is 12.1. The third-order valence-electron chi connectivity index (χ3n) is 3.72. The van der Waals surface area contributed by atoms with E-state index >= 15 is 0 Å². The zero-order valence-corrected chi connectivity index (χ0v) is 14.7. The number of hydrogen-bond acceptors (Lipinski definition) is 5. The number of aryl methyl sites for hydroxylation is 2. The molecule has 1 atom stereocenters. The fraction of sp³-hybridized carbons (Fsp3) is 0.688. The molecule has 0 bridgehead atoms. The monoisotopic (exact) mass is 322 g/mol. The van der Waals surface area contributed by atoms with E-state index in [1.54, 1.807) is 11.8 Å². The number of carbonyl (C=O) groups excluding carboxylic acids is 1. The predicted molar refractivity (Wildman–Crippen MR) is 87.5 cm³/mol. The number of ether oxygens (including phenoxy) is 1. The van der Waals surface area contributed by atoms with E-state index in [0.29, 0.717) is 24.5 Å². The molecule has 7 heteroatoms. The summed E-state index contributed by atoms with van der Waals surface area (Å²) in [5.74, 6) is 0.614. The zero-order chi connectivity index (χ0) is 17.4. The molecule has 1 amide bonds. The van der Waals surface area contributed by atoms with Crippen molar-refractivity contribution in [1.82, 2.24) is 20.2 Å². The maximum Gasteiger partial charge on any atom is 0.410 e. The molecule has 0 spiro atoms. The Morgan fingerprint density at radius 2 is 2.00 bits per heavy atom. The summed E-state index contributed by atoms with van der Waals surface area (Å²) in [7, 11) is 0. The smallest absolute Gasteiger partial charge is 0.410 e. The van der Waals surface area contributed by atoms with Gasteiger partial charge in [0.05, 0.1) is 5.56 Å². The van der Waals surface area contributed by atoms with Crippen molar-refractivity contribution in [1.29, 1.82) is 0 Å². The fourth-order valence-electron chi connectivity index (χ4n) is 2.74. The van der Waals surface area contributed by atoms with E-state index in [1.807, 2.05) is 34.6 Å². The van der Waals surface area contributed by atoms with Gasteiger partial charge in [0.25, 0.3) is 5.56 Å². The van der Waals surface area contributed by atoms with Crippen LogP contribution in [0.3, 0.4) is 0 Å². The van der Waals surface area contributed by atoms with Crippen LogP contribution in [0.1, 0.15) is 50.8 Å². The zero-order valence-electron chi connectivity index (χ0n) is 14.7. The molecule has 0 saturated carbocycles. The average Bonchev–Trinajstić information content (AvgIpc) is 2.29. The van der Waals surface area contributed by atoms with Crippen LogP contribution in [-0.4, -0.2) is 45.7 Å². The van der Waals surface area contributed by atoms with Gasteiger partial charge in [0, 0.05) is 30.9 Å². The van der Waals surface area contributed by atoms with Crippen LogP contribution in [0, 0.1) is 13.8 Å². The van der Waals surface area contributed by atoms with Crippen molar-refractivity contribution in [2.45, 2.75) is 59.2 Å². The van der Waals surface area contributed by atoms with Gasteiger partial charge in [-0.2, -0.15) is 0 Å². The van der Waals surface area contributed by atoms with E-state index in [0.717, 1.165) is 5.69 Å². The Balaban J connectivity index is 1.91. The first-order valence-corrected chi connectivity index (χ1v) is 7.88. The van der Waals surface area contributed by atoms with Crippen molar-refractivity contribution < 1.29 is 9.53 Å². The van der Waals surface area contributed by atoms with E-state index in [2.05, 4.69) is 15.3 Å². The first kappa shape index (κ1) is 17.5. The molecular weight excluding hydrogens is 296 g/mol. The van der Waals surface area contributed by atoms with Gasteiger partial charge in [-0.25, -0.2) is 9.78 Å². The highest BCUT2D eigenvalue weighted by molar-refractivity contribution is 5.69. The number of aromatic nitrogens is 2. The van der Waals surface area contributed by atoms with Crippen molar-refractivity contribution in [3.05, 3.63) is 27.4 Å². The molecule has 2 heterocycles. The number of nitrogens with zero attached hydrogens (tertiary/aromatic N) is 2. The summed E-state index contributed by atoms with van der Waals surface area (Å²) in [5, 5.41) is 3.37. The lowest BCUT2D eigenvalue weighted by Gasteiger charge is -2.41. The molecule has 1 aromatic rings. The summed E-state index contributed by atoms with van der Waals surface area (Å²) >= 11 is 0. The molecule has 23 heavy (non-hydrogen) atoms. The highest BCUT2D eigenvalue weighted by Crippen LogP contribution is 2.18. The lowest BCUT2D eigenvalue weighted by Crippen LogP contribution is -2.61. The van der Waals surface area contributed by atoms with Crippen molar-refractivity contribution in [3.8, 4) is 0 Å². The van der Waals surface area contributed by atoms with Gasteiger partial charge in [0.15, 0.2) is 0 Å². The molecule has 2 rings (SSSR count). The normalized spacial score (nSPS) is 16.9. The van der Waals surface area contributed by atoms with Gasteiger partial charge in [-0.15, -0.1) is 0 Å². The second-order valence-corrected chi connectivity index (χ2v) is 7.12. The minimum absolute atomic E-state index is 0.113. The van der Waals surface area contributed by atoms with Gasteiger partial charge in [-0.3, -0.25) is 4.79 Å². The molecule has 1 aromatic heterocycles. The molecule has 7 nitrogen and oxygen atoms in total. The van der Waals surface area contributed by atoms with Gasteiger partial charge in [0.1, 0.15) is 11.4 Å². The molecule has 128 valence electrons. The Morgan fingerprint density at radius 1 is 1.39 bits per heavy atom. The first-order valence-electron chi connectivity index (χ1n) is 7.88. The van der Waals surface area contributed by atoms with Crippen LogP contribution < -0.4 is 10.9 Å². The number of aromatic amines is 1. The van der Waals surface area contributed by atoms with Gasteiger partial charge in [-0.1, -0.05) is 0 Å². The van der Waals surface area contributed by atoms with Crippen LogP contribution in [0.15, 0.2) is 4.79 Å². The highest BCUT2D eigenvalue weighted by Gasteiger charge is 2.34. The van der Waals surface area contributed by atoms with Crippen molar-refractivity contribution >= 4 is 6.09 Å². The second-order valence-electron chi connectivity index (χ2n) is 7.12. The Morgan fingerprint density at radius 3 is 2.52 bits per heavy atom. The van der Waals surface area contributed by atoms with Crippen LogP contribution in [0.5, 0.6) is 0 Å². The molecule has 0 aliphatic carbocycles. The lowest BCUT2D eigenvalue weighted by molar-refractivity contribution is 0.00430. The van der Waals surface area contributed by atoms with Gasteiger partial charge >= 0.3 is 6.09 Å². The summed E-state index contributed by atoms with van der Waals surface area (Å²) < 4.78 is 5.33. The van der Waals surface area contributed by atoms with E-state index in [4.69, 9.17) is 4.74 Å². The van der Waals surface area contributed by atoms with Crippen LogP contribution in [0.2, 0.25) is 0 Å². The molecule has 1 aliphatic heterocycles. The van der Waals surface area contributed by atoms with Crippen LogP contribution >= 0.6 is 0 Å². The van der Waals surface area contributed by atoms with E-state index < -0.39 is 5.60 Å². The van der Waals surface area contributed by atoms with E-state index in [1.165, 1.54) is 0 Å². The molecule has 0 radical (unpaired) electrons. The maximum atomic E-state index is 12.1. The average molecular weight is 322 g/mol. The molecule has 1 fully saturated rings. The van der Waals surface area contributed by atoms with Gasteiger partial charge in [0.2, 0.25) is 0 Å². The Bertz CT molecular complexity index is 642. The predicted octanol–water partition coefficient (Wildman–Crippen LogP) is 1.66. The standard InChI is InChI=1S/C16H26N4O3/c1-9-13(14(21)19-11(3)17-9)10(2)18-12-7-20(8-12)15(22)23-16(4,5)6/h10,12,18H,7-8H2,1-6H3,(H,17,19,21). The number of amides is 1. The summed E-state index contributed by atoms with van der Waals surface area (Å²) in [5.41, 5.74) is 0.778. The molecule has 1 unspecified atom stereocenters. The van der Waals surface area contributed by atoms with Gasteiger partial charge < -0.3 is 19.9 Å². The third-order valence-corrected chi connectivity index (χ3v) is 3.72. The quantitative estimate of drug-likeness (QED) is 0.883. The number of hydrogen-bond donors (Lipinski definition) is 2. The highest BCUT2D eigenvalue weighted by atomic mass is 16.6. The fourth-order valence-corrected chi connectivity index (χ4v) is 2.74. The largest absolute Gasteiger partial charge is 0.444 e. The van der Waals surface area contributed by atoms with Crippen LogP contribution in [0.4, 0.5) is 4.79 Å². The van der Waals surface area contributed by atoms with E-state index in [-0.39, 0.29) is 23.7 Å². The van der Waals surface area contributed by atoms with E-state index in [9.17, 15) is 9.59 Å². The number of likely N-dealkylation sites (tertiary alicyclic amines) is 1. The number of rotatable bonds is 3. The topological polar surface area (TPSA) is 87.3 Å². The molecular formula is C16H26N4O3. The summed E-state index contributed by atoms with van der Waals surface area (Å²) in [6, 6.07) is 0.0234. The Kier molecular flexibility index (Phi) is 4.79. The molecule has 1 aliphatic rings. The SMILES string of the molecule is Cc1nc(C)c(C(C)NC2CN(C(=O)OC(C)(C)C)C2)c(=O)[nH]1. The minimum Gasteiger partial charge on any atom is -0.444 e. The number of carbonyl (C=O) groups is 1. The number of H-pyrrole nitrogens is 1. The molecule has 2 N–H and O–H groups in total. The summed E-state index contributed by atoms with van der Waals surface area (Å²) in [4.78, 5) is 32.7. The minimum atomic E-state index is -0.485. The summed E-state index contributed by atoms with van der Waals surface area (Å²) in [6.45, 7) is 12.2. The van der Waals surface area contributed by atoms with Crippen LogP contribution in [0.25, 0.3) is 0 Å². The molecule has 1 saturated heterocycles. The first-order chi connectivity index (χ1) is 10.6. The van der Waals surface area contributed by atoms with Crippen molar-refractivity contribution in [3.63, 3.8) is 0 Å². The van der Waals surface area contributed by atoms with Crippen molar-refractivity contribution in [2.75, 3.05) is 13.1 Å². The second kappa shape index (κ2) is 6.31. The summed E-state index contributed by atoms with van der Waals surface area (Å²) in [6.07, 6.45) is -0.297. The Hall–Kier alpha value is -1.89. The van der Waals surface area contributed by atoms with Crippen LogP contribution in [-0.2, 0) is 4.74 Å². The molecule has 0 aromatic carbocycles. The third kappa shape index (κ3) is 4.31. The Labute approximate surface area is 136 Å². The van der Waals surface area contributed by atoms with Gasteiger partial charge in [-0.05, 0) is 41.5 Å². The van der Waals surface area contributed by atoms with Crippen molar-refractivity contribution in [2.24, 2.45) is 0 Å². The number of nitrogens with one attached hydrogen (secondary N) is 2. The lowest BCUT2D eigenvalue weighted by atomic mass is 10.0.